The fourth-order valence-electron chi connectivity index (χ4n) is 1.66. The Labute approximate surface area is 116 Å². The summed E-state index contributed by atoms with van der Waals surface area (Å²) in [7, 11) is 3.46. The first-order valence-electron chi connectivity index (χ1n) is 5.91. The van der Waals surface area contributed by atoms with Gasteiger partial charge in [0.05, 0.1) is 17.5 Å². The van der Waals surface area contributed by atoms with Crippen LogP contribution in [0.3, 0.4) is 0 Å². The molecule has 1 atom stereocenters. The third kappa shape index (κ3) is 3.99. The van der Waals surface area contributed by atoms with Crippen molar-refractivity contribution in [2.45, 2.75) is 13.3 Å². The molecule has 0 aromatic heterocycles. The molecule has 2 N–H and O–H groups in total. The van der Waals surface area contributed by atoms with Gasteiger partial charge in [0.1, 0.15) is 5.75 Å². The van der Waals surface area contributed by atoms with Crippen LogP contribution in [0.1, 0.15) is 13.3 Å². The highest BCUT2D eigenvalue weighted by Crippen LogP contribution is 2.27. The molecule has 1 aromatic carbocycles. The maximum Gasteiger partial charge on any atom is 0.228 e. The minimum absolute atomic E-state index is 0.0177. The standard InChI is InChI=1S/C13H19BrN2O2/c1-4-9(8-15-2)13(17)16-10-5-6-12(18-3)11(14)7-10/h5-7,9,15H,4,8H2,1-3H3,(H,16,17). The summed E-state index contributed by atoms with van der Waals surface area (Å²) in [6.45, 7) is 2.69. The average Bonchev–Trinajstić information content (AvgIpc) is 2.36. The average molecular weight is 315 g/mol. The number of hydrogen-bond donors (Lipinski definition) is 2. The number of anilines is 1. The minimum atomic E-state index is -0.0177. The Bertz CT molecular complexity index is 410. The zero-order valence-corrected chi connectivity index (χ0v) is 12.5. The van der Waals surface area contributed by atoms with Crippen molar-refractivity contribution in [1.29, 1.82) is 0 Å². The number of benzene rings is 1. The van der Waals surface area contributed by atoms with Crippen LogP contribution in [0.4, 0.5) is 5.69 Å². The molecule has 0 saturated heterocycles. The Balaban J connectivity index is 2.72. The van der Waals surface area contributed by atoms with Gasteiger partial charge in [-0.15, -0.1) is 0 Å². The summed E-state index contributed by atoms with van der Waals surface area (Å²) in [4.78, 5) is 12.0. The SMILES string of the molecule is CCC(CNC)C(=O)Nc1ccc(OC)c(Br)c1. The van der Waals surface area contributed by atoms with E-state index in [-0.39, 0.29) is 11.8 Å². The van der Waals surface area contributed by atoms with Gasteiger partial charge in [0.2, 0.25) is 5.91 Å². The van der Waals surface area contributed by atoms with Crippen LogP contribution in [-0.4, -0.2) is 26.6 Å². The van der Waals surface area contributed by atoms with E-state index in [1.54, 1.807) is 7.11 Å². The Hall–Kier alpha value is -1.07. The van der Waals surface area contributed by atoms with Crippen LogP contribution in [0, 0.1) is 5.92 Å². The summed E-state index contributed by atoms with van der Waals surface area (Å²) in [5.74, 6) is 0.759. The molecule has 4 nitrogen and oxygen atoms in total. The van der Waals surface area contributed by atoms with Gasteiger partial charge in [-0.2, -0.15) is 0 Å². The third-order valence-electron chi connectivity index (χ3n) is 2.73. The lowest BCUT2D eigenvalue weighted by atomic mass is 10.1. The molecule has 0 saturated carbocycles. The number of ether oxygens (including phenoxy) is 1. The van der Waals surface area contributed by atoms with Gasteiger partial charge >= 0.3 is 0 Å². The fraction of sp³-hybridized carbons (Fsp3) is 0.462. The van der Waals surface area contributed by atoms with E-state index in [9.17, 15) is 4.79 Å². The molecular weight excluding hydrogens is 296 g/mol. The van der Waals surface area contributed by atoms with Crippen molar-refractivity contribution in [2.75, 3.05) is 26.0 Å². The number of carbonyl (C=O) groups is 1. The van der Waals surface area contributed by atoms with Gasteiger partial charge in [0.25, 0.3) is 0 Å². The van der Waals surface area contributed by atoms with E-state index in [1.165, 1.54) is 0 Å². The molecule has 1 amide bonds. The summed E-state index contributed by atoms with van der Waals surface area (Å²) >= 11 is 3.39. The number of amides is 1. The van der Waals surface area contributed by atoms with Gasteiger partial charge in [-0.05, 0) is 47.6 Å². The van der Waals surface area contributed by atoms with Crippen molar-refractivity contribution >= 4 is 27.5 Å². The molecule has 1 rings (SSSR count). The van der Waals surface area contributed by atoms with Gasteiger partial charge in [-0.1, -0.05) is 6.92 Å². The molecule has 0 spiro atoms. The molecule has 1 aromatic rings. The molecule has 100 valence electrons. The molecule has 0 aliphatic heterocycles. The van der Waals surface area contributed by atoms with E-state index in [1.807, 2.05) is 32.2 Å². The van der Waals surface area contributed by atoms with Crippen molar-refractivity contribution in [3.63, 3.8) is 0 Å². The zero-order chi connectivity index (χ0) is 13.5. The molecule has 0 fully saturated rings. The molecule has 0 bridgehead atoms. The first kappa shape index (κ1) is 15.0. The van der Waals surface area contributed by atoms with E-state index in [2.05, 4.69) is 26.6 Å². The molecular formula is C13H19BrN2O2. The Kier molecular flexibility index (Phi) is 6.15. The first-order valence-corrected chi connectivity index (χ1v) is 6.70. The van der Waals surface area contributed by atoms with Gasteiger partial charge in [-0.25, -0.2) is 0 Å². The highest BCUT2D eigenvalue weighted by atomic mass is 79.9. The monoisotopic (exact) mass is 314 g/mol. The van der Waals surface area contributed by atoms with Crippen molar-refractivity contribution in [2.24, 2.45) is 5.92 Å². The highest BCUT2D eigenvalue weighted by Gasteiger charge is 2.15. The predicted octanol–water partition coefficient (Wildman–Crippen LogP) is 2.64. The molecule has 1 unspecified atom stereocenters. The Morgan fingerprint density at radius 2 is 2.22 bits per heavy atom. The first-order chi connectivity index (χ1) is 8.62. The summed E-state index contributed by atoms with van der Waals surface area (Å²) in [6.07, 6.45) is 0.810. The van der Waals surface area contributed by atoms with Gasteiger partial charge < -0.3 is 15.4 Å². The van der Waals surface area contributed by atoms with Crippen molar-refractivity contribution < 1.29 is 9.53 Å². The van der Waals surface area contributed by atoms with Gasteiger partial charge in [-0.3, -0.25) is 4.79 Å². The molecule has 18 heavy (non-hydrogen) atoms. The Morgan fingerprint density at radius 3 is 2.72 bits per heavy atom. The minimum Gasteiger partial charge on any atom is -0.496 e. The number of hydrogen-bond acceptors (Lipinski definition) is 3. The van der Waals surface area contributed by atoms with Crippen molar-refractivity contribution in [3.05, 3.63) is 22.7 Å². The topological polar surface area (TPSA) is 50.4 Å². The number of methoxy groups -OCH3 is 1. The summed E-state index contributed by atoms with van der Waals surface area (Å²) < 4.78 is 5.97. The second kappa shape index (κ2) is 7.38. The molecule has 0 aliphatic rings. The van der Waals surface area contributed by atoms with E-state index < -0.39 is 0 Å². The third-order valence-corrected chi connectivity index (χ3v) is 3.35. The smallest absolute Gasteiger partial charge is 0.228 e. The lowest BCUT2D eigenvalue weighted by molar-refractivity contribution is -0.119. The summed E-state index contributed by atoms with van der Waals surface area (Å²) in [5.41, 5.74) is 0.766. The largest absolute Gasteiger partial charge is 0.496 e. The number of rotatable bonds is 6. The number of halogens is 1. The van der Waals surface area contributed by atoms with Crippen molar-refractivity contribution in [1.82, 2.24) is 5.32 Å². The normalized spacial score (nSPS) is 12.0. The number of carbonyl (C=O) groups excluding carboxylic acids is 1. The summed E-state index contributed by atoms with van der Waals surface area (Å²) in [6, 6.07) is 5.48. The van der Waals surface area contributed by atoms with Crippen LogP contribution in [0.5, 0.6) is 5.75 Å². The fourth-order valence-corrected chi connectivity index (χ4v) is 2.20. The van der Waals surface area contributed by atoms with Crippen LogP contribution in [0.2, 0.25) is 0 Å². The van der Waals surface area contributed by atoms with Crippen LogP contribution >= 0.6 is 15.9 Å². The quantitative estimate of drug-likeness (QED) is 0.848. The molecule has 0 radical (unpaired) electrons. The van der Waals surface area contributed by atoms with Crippen molar-refractivity contribution in [3.8, 4) is 5.75 Å². The second-order valence-corrected chi connectivity index (χ2v) is 4.86. The van der Waals surface area contributed by atoms with Crippen LogP contribution in [0.25, 0.3) is 0 Å². The molecule has 0 aliphatic carbocycles. The van der Waals surface area contributed by atoms with Gasteiger partial charge in [0.15, 0.2) is 0 Å². The molecule has 0 heterocycles. The Morgan fingerprint density at radius 1 is 1.50 bits per heavy atom. The van der Waals surface area contributed by atoms with Gasteiger partial charge in [0, 0.05) is 12.2 Å². The lowest BCUT2D eigenvalue weighted by Gasteiger charge is -2.15. The van der Waals surface area contributed by atoms with E-state index in [0.29, 0.717) is 6.54 Å². The van der Waals surface area contributed by atoms with E-state index in [0.717, 1.165) is 22.3 Å². The maximum atomic E-state index is 12.0. The van der Waals surface area contributed by atoms with E-state index >= 15 is 0 Å². The van der Waals surface area contributed by atoms with E-state index in [4.69, 9.17) is 4.74 Å². The summed E-state index contributed by atoms with van der Waals surface area (Å²) in [5, 5.41) is 5.93. The maximum absolute atomic E-state index is 12.0. The van der Waals surface area contributed by atoms with Crippen LogP contribution < -0.4 is 15.4 Å². The van der Waals surface area contributed by atoms with Crippen LogP contribution in [0.15, 0.2) is 22.7 Å². The van der Waals surface area contributed by atoms with Crippen LogP contribution in [-0.2, 0) is 4.79 Å². The zero-order valence-electron chi connectivity index (χ0n) is 10.9. The lowest BCUT2D eigenvalue weighted by Crippen LogP contribution is -2.30. The predicted molar refractivity (Wildman–Crippen MR) is 77.0 cm³/mol. The number of nitrogens with one attached hydrogen (secondary N) is 2. The molecule has 5 heteroatoms. The second-order valence-electron chi connectivity index (χ2n) is 4.00. The highest BCUT2D eigenvalue weighted by molar-refractivity contribution is 9.10.